The zero-order valence-corrected chi connectivity index (χ0v) is 20.6. The minimum absolute atomic E-state index is 0.476. The average Bonchev–Trinajstić information content (AvgIpc) is 2.85. The van der Waals surface area contributed by atoms with Crippen LogP contribution in [0.3, 0.4) is 0 Å². The van der Waals surface area contributed by atoms with Crippen LogP contribution in [-0.2, 0) is 0 Å². The number of allylic oxidation sites excluding steroid dienone is 4. The Kier molecular flexibility index (Phi) is 8.14. The SMILES string of the molecule is C=C(SC(=NC)Nc1nc(Sc2cccnc2)nc(N2CCN(C)CC2)n1)C1=CC=CCC1. The third-order valence-electron chi connectivity index (χ3n) is 5.25. The second-order valence-electron chi connectivity index (χ2n) is 7.66. The van der Waals surface area contributed by atoms with Crippen LogP contribution in [0.15, 0.2) is 74.9 Å². The van der Waals surface area contributed by atoms with Gasteiger partial charge in [-0.1, -0.05) is 36.6 Å². The second kappa shape index (κ2) is 11.4. The maximum atomic E-state index is 4.74. The van der Waals surface area contributed by atoms with Gasteiger partial charge in [0.2, 0.25) is 11.9 Å². The van der Waals surface area contributed by atoms with Crippen LogP contribution < -0.4 is 10.2 Å². The van der Waals surface area contributed by atoms with E-state index < -0.39 is 0 Å². The van der Waals surface area contributed by atoms with Crippen molar-refractivity contribution in [3.8, 4) is 0 Å². The molecule has 1 saturated heterocycles. The lowest BCUT2D eigenvalue weighted by Crippen LogP contribution is -2.45. The first-order valence-electron chi connectivity index (χ1n) is 10.8. The van der Waals surface area contributed by atoms with E-state index in [2.05, 4.69) is 61.9 Å². The molecule has 4 rings (SSSR count). The Hall–Kier alpha value is -2.69. The van der Waals surface area contributed by atoms with E-state index in [1.165, 1.54) is 29.1 Å². The molecule has 3 heterocycles. The van der Waals surface area contributed by atoms with E-state index in [1.54, 1.807) is 13.2 Å². The molecule has 0 radical (unpaired) electrons. The Bertz CT molecular complexity index is 1060. The van der Waals surface area contributed by atoms with Gasteiger partial charge in [0.1, 0.15) is 0 Å². The fourth-order valence-electron chi connectivity index (χ4n) is 3.35. The summed E-state index contributed by atoms with van der Waals surface area (Å²) in [5.74, 6) is 1.15. The van der Waals surface area contributed by atoms with Gasteiger partial charge in [-0.25, -0.2) is 0 Å². The van der Waals surface area contributed by atoms with Gasteiger partial charge in [0, 0.05) is 55.4 Å². The van der Waals surface area contributed by atoms with E-state index in [1.807, 2.05) is 18.3 Å². The maximum Gasteiger partial charge on any atom is 0.234 e. The van der Waals surface area contributed by atoms with E-state index in [4.69, 9.17) is 9.97 Å². The minimum atomic E-state index is 0.476. The van der Waals surface area contributed by atoms with Crippen molar-refractivity contribution in [1.82, 2.24) is 24.8 Å². The molecule has 0 unspecified atom stereocenters. The molecular formula is C23H28N8S2. The molecule has 0 aromatic carbocycles. The number of likely N-dealkylation sites (N-methyl/N-ethyl adjacent to an activating group) is 1. The summed E-state index contributed by atoms with van der Waals surface area (Å²) < 4.78 is 0. The number of aliphatic imine (C=N–C) groups is 1. The number of rotatable bonds is 6. The lowest BCUT2D eigenvalue weighted by molar-refractivity contribution is 0.311. The van der Waals surface area contributed by atoms with Gasteiger partial charge in [0.05, 0.1) is 0 Å². The van der Waals surface area contributed by atoms with E-state index in [-0.39, 0.29) is 0 Å². The number of anilines is 2. The van der Waals surface area contributed by atoms with Gasteiger partial charge >= 0.3 is 0 Å². The highest BCUT2D eigenvalue weighted by molar-refractivity contribution is 8.17. The summed E-state index contributed by atoms with van der Waals surface area (Å²) >= 11 is 2.97. The van der Waals surface area contributed by atoms with Gasteiger partial charge in [0.15, 0.2) is 10.3 Å². The summed E-state index contributed by atoms with van der Waals surface area (Å²) in [7, 11) is 3.89. The fourth-order valence-corrected chi connectivity index (χ4v) is 4.85. The van der Waals surface area contributed by atoms with Crippen molar-refractivity contribution in [2.45, 2.75) is 22.9 Å². The number of amidine groups is 1. The van der Waals surface area contributed by atoms with Gasteiger partial charge in [0.25, 0.3) is 0 Å². The molecule has 2 aromatic heterocycles. The standard InChI is InChI=1S/C23H28N8S2/c1-17(18-8-5-4-6-9-18)32-22(24-2)27-20-26-21(31-14-12-30(3)13-15-31)29-23(28-20)33-19-10-7-11-25-16-19/h4-5,7-8,10-11,16H,1,6,9,12-15H2,2-3H3,(H,24,26,27,28,29). The van der Waals surface area contributed by atoms with Gasteiger partial charge in [-0.2, -0.15) is 15.0 Å². The Morgan fingerprint density at radius 2 is 2.03 bits per heavy atom. The van der Waals surface area contributed by atoms with Crippen molar-refractivity contribution < 1.29 is 0 Å². The Balaban J connectivity index is 1.55. The third-order valence-corrected chi connectivity index (χ3v) is 7.08. The molecule has 33 heavy (non-hydrogen) atoms. The summed E-state index contributed by atoms with van der Waals surface area (Å²) in [5, 5.41) is 4.61. The average molecular weight is 481 g/mol. The maximum absolute atomic E-state index is 4.74. The highest BCUT2D eigenvalue weighted by Crippen LogP contribution is 2.30. The molecule has 1 N–H and O–H groups in total. The van der Waals surface area contributed by atoms with Crippen LogP contribution in [-0.4, -0.2) is 70.3 Å². The molecule has 0 saturated carbocycles. The molecule has 0 atom stereocenters. The highest BCUT2D eigenvalue weighted by atomic mass is 32.2. The molecule has 2 aliphatic rings. The smallest absolute Gasteiger partial charge is 0.234 e. The summed E-state index contributed by atoms with van der Waals surface area (Å²) in [6, 6.07) is 3.90. The Morgan fingerprint density at radius 1 is 1.18 bits per heavy atom. The largest absolute Gasteiger partial charge is 0.338 e. The quantitative estimate of drug-likeness (QED) is 0.485. The molecule has 0 bridgehead atoms. The number of aromatic nitrogens is 4. The van der Waals surface area contributed by atoms with Crippen LogP contribution in [0.5, 0.6) is 0 Å². The highest BCUT2D eigenvalue weighted by Gasteiger charge is 2.20. The molecule has 2 aromatic rings. The number of pyridine rings is 1. The number of nitrogens with zero attached hydrogens (tertiary/aromatic N) is 7. The molecular weight excluding hydrogens is 452 g/mol. The zero-order chi connectivity index (χ0) is 23.0. The number of hydrogen-bond acceptors (Lipinski definition) is 9. The summed E-state index contributed by atoms with van der Waals surface area (Å²) in [6.07, 6.45) is 12.0. The van der Waals surface area contributed by atoms with Crippen molar-refractivity contribution in [2.24, 2.45) is 4.99 Å². The first-order chi connectivity index (χ1) is 16.1. The number of nitrogens with one attached hydrogen (secondary N) is 1. The predicted molar refractivity (Wildman–Crippen MR) is 138 cm³/mol. The van der Waals surface area contributed by atoms with Crippen molar-refractivity contribution in [2.75, 3.05) is 50.5 Å². The van der Waals surface area contributed by atoms with Gasteiger partial charge in [-0.05, 0) is 49.4 Å². The minimum Gasteiger partial charge on any atom is -0.338 e. The van der Waals surface area contributed by atoms with Gasteiger partial charge in [-0.15, -0.1) is 0 Å². The first kappa shape index (κ1) is 23.5. The topological polar surface area (TPSA) is 82.4 Å². The monoisotopic (exact) mass is 480 g/mol. The molecule has 10 heteroatoms. The molecule has 0 amide bonds. The number of hydrogen-bond donors (Lipinski definition) is 1. The van der Waals surface area contributed by atoms with Gasteiger partial charge < -0.3 is 15.1 Å². The molecule has 172 valence electrons. The lowest BCUT2D eigenvalue weighted by atomic mass is 10.1. The van der Waals surface area contributed by atoms with Crippen LogP contribution in [0.2, 0.25) is 0 Å². The lowest BCUT2D eigenvalue weighted by Gasteiger charge is -2.32. The van der Waals surface area contributed by atoms with Crippen molar-refractivity contribution in [3.05, 3.63) is 59.8 Å². The Morgan fingerprint density at radius 3 is 2.73 bits per heavy atom. The van der Waals surface area contributed by atoms with Crippen molar-refractivity contribution >= 4 is 40.6 Å². The van der Waals surface area contributed by atoms with E-state index >= 15 is 0 Å². The van der Waals surface area contributed by atoms with E-state index in [9.17, 15) is 0 Å². The predicted octanol–water partition coefficient (Wildman–Crippen LogP) is 4.09. The zero-order valence-electron chi connectivity index (χ0n) is 18.9. The first-order valence-corrected chi connectivity index (χ1v) is 12.5. The fraction of sp³-hybridized carbons (Fsp3) is 0.348. The van der Waals surface area contributed by atoms with Crippen LogP contribution >= 0.6 is 23.5 Å². The van der Waals surface area contributed by atoms with Crippen LogP contribution in [0.1, 0.15) is 12.8 Å². The van der Waals surface area contributed by atoms with Crippen LogP contribution in [0, 0.1) is 0 Å². The number of piperazine rings is 1. The van der Waals surface area contributed by atoms with Crippen LogP contribution in [0.25, 0.3) is 0 Å². The molecule has 1 aliphatic carbocycles. The van der Waals surface area contributed by atoms with Gasteiger partial charge in [-0.3, -0.25) is 9.98 Å². The molecule has 1 fully saturated rings. The summed E-state index contributed by atoms with van der Waals surface area (Å²) in [6.45, 7) is 7.94. The molecule has 1 aliphatic heterocycles. The second-order valence-corrected chi connectivity index (χ2v) is 9.78. The Labute approximate surface area is 203 Å². The summed E-state index contributed by atoms with van der Waals surface area (Å²) in [5.41, 5.74) is 1.23. The van der Waals surface area contributed by atoms with E-state index in [0.717, 1.165) is 48.8 Å². The molecule has 0 spiro atoms. The third kappa shape index (κ3) is 6.66. The normalized spacial score (nSPS) is 17.1. The van der Waals surface area contributed by atoms with Crippen molar-refractivity contribution in [3.63, 3.8) is 0 Å². The summed E-state index contributed by atoms with van der Waals surface area (Å²) in [4.78, 5) is 29.2. The molecule has 8 nitrogen and oxygen atoms in total. The number of thioether (sulfide) groups is 1. The van der Waals surface area contributed by atoms with Crippen molar-refractivity contribution in [1.29, 1.82) is 0 Å². The van der Waals surface area contributed by atoms with E-state index in [0.29, 0.717) is 22.2 Å². The van der Waals surface area contributed by atoms with Crippen LogP contribution in [0.4, 0.5) is 11.9 Å².